The number of aromatic nitrogens is 1. The van der Waals surface area contributed by atoms with E-state index in [0.29, 0.717) is 37.1 Å². The topological polar surface area (TPSA) is 57.5 Å². The Morgan fingerprint density at radius 1 is 1.19 bits per heavy atom. The SMILES string of the molecule is CCOC(=O)c1cn(CC)c2c3c(c(F)cc2c1=O)CC(COSc1ccc(C)cc1)C3. The third-order valence-electron chi connectivity index (χ3n) is 5.83. The lowest BCUT2D eigenvalue weighted by Gasteiger charge is -2.15. The molecule has 0 aliphatic heterocycles. The molecule has 1 aliphatic carbocycles. The van der Waals surface area contributed by atoms with Crippen LogP contribution in [0.4, 0.5) is 4.39 Å². The summed E-state index contributed by atoms with van der Waals surface area (Å²) in [4.78, 5) is 26.3. The lowest BCUT2D eigenvalue weighted by Crippen LogP contribution is -2.21. The van der Waals surface area contributed by atoms with Crippen molar-refractivity contribution in [2.24, 2.45) is 5.92 Å². The molecule has 0 saturated carbocycles. The zero-order chi connectivity index (χ0) is 22.8. The molecule has 168 valence electrons. The number of rotatable bonds is 7. The Balaban J connectivity index is 1.62. The first kappa shape index (κ1) is 22.6. The normalized spacial score (nSPS) is 15.2. The molecule has 5 nitrogen and oxygen atoms in total. The van der Waals surface area contributed by atoms with Crippen molar-refractivity contribution < 1.29 is 18.1 Å². The smallest absolute Gasteiger partial charge is 0.343 e. The lowest BCUT2D eigenvalue weighted by atomic mass is 10.0. The molecule has 1 heterocycles. The van der Waals surface area contributed by atoms with Crippen molar-refractivity contribution in [3.05, 3.63) is 74.8 Å². The summed E-state index contributed by atoms with van der Waals surface area (Å²) in [6, 6.07) is 9.37. The lowest BCUT2D eigenvalue weighted by molar-refractivity contribution is 0.0524. The van der Waals surface area contributed by atoms with Gasteiger partial charge in [-0.1, -0.05) is 17.7 Å². The third kappa shape index (κ3) is 4.32. The van der Waals surface area contributed by atoms with Gasteiger partial charge in [-0.2, -0.15) is 0 Å². The van der Waals surface area contributed by atoms with Gasteiger partial charge in [-0.05, 0) is 68.9 Å². The van der Waals surface area contributed by atoms with Crippen LogP contribution in [0.25, 0.3) is 10.9 Å². The molecule has 1 aliphatic rings. The van der Waals surface area contributed by atoms with Crippen LogP contribution in [-0.2, 0) is 28.3 Å². The van der Waals surface area contributed by atoms with Gasteiger partial charge in [-0.3, -0.25) is 4.79 Å². The highest BCUT2D eigenvalue weighted by Crippen LogP contribution is 2.35. The second-order valence-corrected chi connectivity index (χ2v) is 8.92. The van der Waals surface area contributed by atoms with Gasteiger partial charge in [-0.15, -0.1) is 0 Å². The predicted molar refractivity (Wildman–Crippen MR) is 124 cm³/mol. The summed E-state index contributed by atoms with van der Waals surface area (Å²) in [5.74, 6) is -0.961. The van der Waals surface area contributed by atoms with Gasteiger partial charge in [0.1, 0.15) is 11.4 Å². The molecule has 4 rings (SSSR count). The van der Waals surface area contributed by atoms with Crippen molar-refractivity contribution in [1.29, 1.82) is 0 Å². The molecule has 0 fully saturated rings. The molecule has 0 bridgehead atoms. The van der Waals surface area contributed by atoms with Crippen LogP contribution in [0.2, 0.25) is 0 Å². The first-order valence-corrected chi connectivity index (χ1v) is 11.6. The fourth-order valence-electron chi connectivity index (χ4n) is 4.26. The molecule has 0 radical (unpaired) electrons. The molecule has 0 amide bonds. The fourth-order valence-corrected chi connectivity index (χ4v) is 4.90. The minimum Gasteiger partial charge on any atom is -0.462 e. The van der Waals surface area contributed by atoms with E-state index < -0.39 is 17.2 Å². The Bertz CT molecular complexity index is 1220. The second kappa shape index (κ2) is 9.46. The quantitative estimate of drug-likeness (QED) is 0.367. The van der Waals surface area contributed by atoms with Crippen LogP contribution in [-0.4, -0.2) is 23.8 Å². The van der Waals surface area contributed by atoms with Gasteiger partial charge >= 0.3 is 5.97 Å². The summed E-state index contributed by atoms with van der Waals surface area (Å²) in [5.41, 5.74) is 2.82. The molecule has 2 aromatic carbocycles. The van der Waals surface area contributed by atoms with Gasteiger partial charge in [0, 0.05) is 35.1 Å². The highest BCUT2D eigenvalue weighted by Gasteiger charge is 2.29. The van der Waals surface area contributed by atoms with Gasteiger partial charge in [-0.25, -0.2) is 9.18 Å². The maximum atomic E-state index is 15.0. The average molecular weight is 456 g/mol. The largest absolute Gasteiger partial charge is 0.462 e. The van der Waals surface area contributed by atoms with E-state index in [9.17, 15) is 9.59 Å². The summed E-state index contributed by atoms with van der Waals surface area (Å²) in [7, 11) is 0. The minimum atomic E-state index is -0.679. The average Bonchev–Trinajstić information content (AvgIpc) is 3.21. The van der Waals surface area contributed by atoms with Crippen LogP contribution in [0.1, 0.15) is 40.9 Å². The molecule has 0 saturated heterocycles. The molecule has 1 aromatic heterocycles. The zero-order valence-corrected chi connectivity index (χ0v) is 19.3. The van der Waals surface area contributed by atoms with Crippen LogP contribution in [0.3, 0.4) is 0 Å². The number of pyridine rings is 1. The minimum absolute atomic E-state index is 0.0621. The summed E-state index contributed by atoms with van der Waals surface area (Å²) in [6.45, 7) is 6.85. The summed E-state index contributed by atoms with van der Waals surface area (Å²) < 4.78 is 27.7. The van der Waals surface area contributed by atoms with Gasteiger partial charge in [0.15, 0.2) is 0 Å². The van der Waals surface area contributed by atoms with Gasteiger partial charge in [0.25, 0.3) is 0 Å². The summed E-state index contributed by atoms with van der Waals surface area (Å²) in [5, 5.41) is 0.226. The number of halogens is 1. The molecule has 0 N–H and O–H groups in total. The number of fused-ring (bicyclic) bond motifs is 3. The molecule has 1 unspecified atom stereocenters. The molecular weight excluding hydrogens is 429 g/mol. The van der Waals surface area contributed by atoms with Crippen LogP contribution in [0, 0.1) is 18.7 Å². The van der Waals surface area contributed by atoms with E-state index in [2.05, 4.69) is 0 Å². The number of aryl methyl sites for hydroxylation is 2. The fraction of sp³-hybridized carbons (Fsp3) is 0.360. The maximum absolute atomic E-state index is 15.0. The van der Waals surface area contributed by atoms with Crippen molar-refractivity contribution in [1.82, 2.24) is 4.57 Å². The Kier molecular flexibility index (Phi) is 6.67. The van der Waals surface area contributed by atoms with E-state index in [-0.39, 0.29) is 23.5 Å². The first-order valence-electron chi connectivity index (χ1n) is 10.8. The van der Waals surface area contributed by atoms with Crippen molar-refractivity contribution in [3.8, 4) is 0 Å². The van der Waals surface area contributed by atoms with Crippen LogP contribution in [0.5, 0.6) is 0 Å². The molecule has 0 spiro atoms. The number of ether oxygens (including phenoxy) is 1. The van der Waals surface area contributed by atoms with Gasteiger partial charge in [0.2, 0.25) is 5.43 Å². The Labute approximate surface area is 190 Å². The van der Waals surface area contributed by atoms with Crippen molar-refractivity contribution in [3.63, 3.8) is 0 Å². The number of nitrogens with zero attached hydrogens (tertiary/aromatic N) is 1. The van der Waals surface area contributed by atoms with E-state index >= 15 is 4.39 Å². The summed E-state index contributed by atoms with van der Waals surface area (Å²) >= 11 is 1.32. The highest BCUT2D eigenvalue weighted by molar-refractivity contribution is 7.94. The molecule has 7 heteroatoms. The third-order valence-corrected chi connectivity index (χ3v) is 6.55. The number of benzene rings is 2. The maximum Gasteiger partial charge on any atom is 0.343 e. The first-order chi connectivity index (χ1) is 15.4. The summed E-state index contributed by atoms with van der Waals surface area (Å²) in [6.07, 6.45) is 2.72. The number of carbonyl (C=O) groups is 1. The number of hydrogen-bond donors (Lipinski definition) is 0. The van der Waals surface area contributed by atoms with Gasteiger partial charge in [0.05, 0.1) is 18.7 Å². The van der Waals surface area contributed by atoms with Crippen LogP contribution in [0.15, 0.2) is 46.2 Å². The van der Waals surface area contributed by atoms with Crippen molar-refractivity contribution >= 4 is 28.9 Å². The highest BCUT2D eigenvalue weighted by atomic mass is 32.2. The van der Waals surface area contributed by atoms with E-state index in [1.54, 1.807) is 6.92 Å². The zero-order valence-electron chi connectivity index (χ0n) is 18.4. The monoisotopic (exact) mass is 455 g/mol. The molecular formula is C25H26FNO4S. The number of carbonyl (C=O) groups excluding carboxylic acids is 1. The molecule has 32 heavy (non-hydrogen) atoms. The van der Waals surface area contributed by atoms with Crippen LogP contribution < -0.4 is 5.43 Å². The standard InChI is InChI=1S/C25H26FNO4S/c1-4-27-13-21(25(29)30-5-2)24(28)20-12-22(26)18-10-16(11-19(18)23(20)27)14-31-32-17-8-6-15(3)7-9-17/h6-9,12-13,16H,4-5,10-11,14H2,1-3H3. The Hall–Kier alpha value is -2.64. The predicted octanol–water partition coefficient (Wildman–Crippen LogP) is 5.08. The number of esters is 1. The van der Waals surface area contributed by atoms with E-state index in [0.717, 1.165) is 10.5 Å². The van der Waals surface area contributed by atoms with E-state index in [1.165, 1.54) is 29.9 Å². The Morgan fingerprint density at radius 3 is 2.59 bits per heavy atom. The number of hydrogen-bond acceptors (Lipinski definition) is 5. The molecule has 3 aromatic rings. The van der Waals surface area contributed by atoms with Crippen molar-refractivity contribution in [2.75, 3.05) is 13.2 Å². The second-order valence-electron chi connectivity index (χ2n) is 8.05. The van der Waals surface area contributed by atoms with E-state index in [1.807, 2.05) is 42.7 Å². The van der Waals surface area contributed by atoms with Gasteiger partial charge < -0.3 is 13.5 Å². The Morgan fingerprint density at radius 2 is 1.91 bits per heavy atom. The molecule has 1 atom stereocenters. The van der Waals surface area contributed by atoms with Crippen LogP contribution >= 0.6 is 12.0 Å². The van der Waals surface area contributed by atoms with E-state index in [4.69, 9.17) is 8.92 Å². The van der Waals surface area contributed by atoms with Crippen molar-refractivity contribution in [2.45, 2.75) is 45.1 Å².